The number of rotatable bonds is 8. The highest BCUT2D eigenvalue weighted by Gasteiger charge is 2.30. The number of ether oxygens (including phenoxy) is 2. The van der Waals surface area contributed by atoms with E-state index in [0.29, 0.717) is 25.3 Å². The topological polar surface area (TPSA) is 45.2 Å². The van der Waals surface area contributed by atoms with Crippen molar-refractivity contribution in [2.24, 2.45) is 0 Å². The van der Waals surface area contributed by atoms with Gasteiger partial charge < -0.3 is 14.6 Å². The number of nitrogens with zero attached hydrogens (tertiary/aromatic N) is 2. The van der Waals surface area contributed by atoms with Crippen molar-refractivity contribution in [2.45, 2.75) is 37.8 Å². The molecule has 0 aliphatic carbocycles. The standard InChI is InChI=1S/C19H30N2O3/c1-23-18-7-2-8-19(13-18)24-12-11-20-9-3-5-16(20)14-21-10-4-6-17(21)15-22/h2,7-8,13,16-17,22H,3-6,9-12,14-15H2,1H3. The zero-order valence-corrected chi connectivity index (χ0v) is 14.7. The minimum absolute atomic E-state index is 0.297. The summed E-state index contributed by atoms with van der Waals surface area (Å²) in [5.74, 6) is 1.70. The molecule has 2 aliphatic heterocycles. The van der Waals surface area contributed by atoms with Gasteiger partial charge in [0.25, 0.3) is 0 Å². The van der Waals surface area contributed by atoms with E-state index in [9.17, 15) is 5.11 Å². The summed E-state index contributed by atoms with van der Waals surface area (Å²) in [7, 11) is 1.67. The lowest BCUT2D eigenvalue weighted by Crippen LogP contribution is -2.44. The average Bonchev–Trinajstić information content (AvgIpc) is 3.25. The minimum atomic E-state index is 0.297. The van der Waals surface area contributed by atoms with Crippen LogP contribution in [0.3, 0.4) is 0 Å². The molecule has 2 unspecified atom stereocenters. The molecule has 5 nitrogen and oxygen atoms in total. The molecule has 1 aromatic carbocycles. The molecule has 0 amide bonds. The summed E-state index contributed by atoms with van der Waals surface area (Å²) >= 11 is 0. The van der Waals surface area contributed by atoms with Crippen LogP contribution in [0.1, 0.15) is 25.7 Å². The molecular weight excluding hydrogens is 304 g/mol. The molecule has 0 spiro atoms. The molecule has 5 heteroatoms. The Labute approximate surface area is 145 Å². The summed E-state index contributed by atoms with van der Waals surface area (Å²) in [6.07, 6.45) is 4.88. The van der Waals surface area contributed by atoms with Crippen molar-refractivity contribution in [3.05, 3.63) is 24.3 Å². The molecule has 0 aromatic heterocycles. The second kappa shape index (κ2) is 8.70. The van der Waals surface area contributed by atoms with Crippen molar-refractivity contribution in [2.75, 3.05) is 46.5 Å². The van der Waals surface area contributed by atoms with E-state index in [4.69, 9.17) is 9.47 Å². The van der Waals surface area contributed by atoms with Crippen molar-refractivity contribution in [3.8, 4) is 11.5 Å². The molecule has 0 saturated carbocycles. The lowest BCUT2D eigenvalue weighted by molar-refractivity contribution is 0.115. The van der Waals surface area contributed by atoms with Gasteiger partial charge in [0.2, 0.25) is 0 Å². The van der Waals surface area contributed by atoms with Crippen LogP contribution >= 0.6 is 0 Å². The summed E-state index contributed by atoms with van der Waals surface area (Å²) in [4.78, 5) is 5.03. The molecule has 1 N–H and O–H groups in total. The van der Waals surface area contributed by atoms with E-state index >= 15 is 0 Å². The molecule has 2 fully saturated rings. The minimum Gasteiger partial charge on any atom is -0.497 e. The van der Waals surface area contributed by atoms with Gasteiger partial charge in [0.1, 0.15) is 18.1 Å². The van der Waals surface area contributed by atoms with Gasteiger partial charge in [-0.2, -0.15) is 0 Å². The smallest absolute Gasteiger partial charge is 0.123 e. The van der Waals surface area contributed by atoms with Crippen LogP contribution in [-0.2, 0) is 0 Å². The third-order valence-corrected chi connectivity index (χ3v) is 5.34. The monoisotopic (exact) mass is 334 g/mol. The molecule has 0 bridgehead atoms. The van der Waals surface area contributed by atoms with Crippen LogP contribution in [0, 0.1) is 0 Å². The number of benzene rings is 1. The van der Waals surface area contributed by atoms with Gasteiger partial charge in [-0.15, -0.1) is 0 Å². The fraction of sp³-hybridized carbons (Fsp3) is 0.684. The SMILES string of the molecule is COc1cccc(OCCN2CCCC2CN2CCCC2CO)c1. The quantitative estimate of drug-likeness (QED) is 0.788. The van der Waals surface area contributed by atoms with Gasteiger partial charge in [-0.05, 0) is 50.9 Å². The molecule has 2 saturated heterocycles. The Morgan fingerprint density at radius 3 is 2.62 bits per heavy atom. The summed E-state index contributed by atoms with van der Waals surface area (Å²) in [5, 5.41) is 9.50. The first-order chi connectivity index (χ1) is 11.8. The van der Waals surface area contributed by atoms with Crippen LogP contribution in [0.15, 0.2) is 24.3 Å². The number of hydrogen-bond donors (Lipinski definition) is 1. The zero-order chi connectivity index (χ0) is 16.8. The van der Waals surface area contributed by atoms with Crippen molar-refractivity contribution in [3.63, 3.8) is 0 Å². The third kappa shape index (κ3) is 4.41. The Hall–Kier alpha value is -1.30. The van der Waals surface area contributed by atoms with E-state index in [1.54, 1.807) is 7.11 Å². The molecule has 1 aromatic rings. The Kier molecular flexibility index (Phi) is 6.35. The number of hydrogen-bond acceptors (Lipinski definition) is 5. The van der Waals surface area contributed by atoms with E-state index < -0.39 is 0 Å². The highest BCUT2D eigenvalue weighted by Crippen LogP contribution is 2.23. The first kappa shape index (κ1) is 17.5. The molecule has 24 heavy (non-hydrogen) atoms. The van der Waals surface area contributed by atoms with E-state index in [0.717, 1.165) is 44.1 Å². The Bertz CT molecular complexity index is 511. The Balaban J connectivity index is 1.45. The van der Waals surface area contributed by atoms with Gasteiger partial charge in [0, 0.05) is 31.2 Å². The Morgan fingerprint density at radius 1 is 1.08 bits per heavy atom. The fourth-order valence-electron chi connectivity index (χ4n) is 3.98. The molecular formula is C19H30N2O3. The van der Waals surface area contributed by atoms with Crippen molar-refractivity contribution >= 4 is 0 Å². The summed E-state index contributed by atoms with van der Waals surface area (Å²) < 4.78 is 11.1. The number of aliphatic hydroxyl groups excluding tert-OH is 1. The number of likely N-dealkylation sites (tertiary alicyclic amines) is 2. The average molecular weight is 334 g/mol. The lowest BCUT2D eigenvalue weighted by atomic mass is 10.2. The van der Waals surface area contributed by atoms with Crippen LogP contribution < -0.4 is 9.47 Å². The Morgan fingerprint density at radius 2 is 1.83 bits per heavy atom. The predicted molar refractivity (Wildman–Crippen MR) is 94.8 cm³/mol. The second-order valence-corrected chi connectivity index (χ2v) is 6.83. The molecule has 2 aliphatic rings. The number of methoxy groups -OCH3 is 1. The third-order valence-electron chi connectivity index (χ3n) is 5.34. The van der Waals surface area contributed by atoms with Crippen molar-refractivity contribution < 1.29 is 14.6 Å². The van der Waals surface area contributed by atoms with E-state index in [2.05, 4.69) is 9.80 Å². The lowest BCUT2D eigenvalue weighted by Gasteiger charge is -2.31. The zero-order valence-electron chi connectivity index (χ0n) is 14.7. The van der Waals surface area contributed by atoms with Crippen LogP contribution in [0.25, 0.3) is 0 Å². The highest BCUT2D eigenvalue weighted by atomic mass is 16.5. The maximum Gasteiger partial charge on any atom is 0.123 e. The molecule has 0 radical (unpaired) electrons. The van der Waals surface area contributed by atoms with Gasteiger partial charge in [-0.1, -0.05) is 6.07 Å². The maximum atomic E-state index is 9.50. The van der Waals surface area contributed by atoms with Crippen LogP contribution in [0.4, 0.5) is 0 Å². The van der Waals surface area contributed by atoms with E-state index in [1.165, 1.54) is 19.3 Å². The van der Waals surface area contributed by atoms with Gasteiger partial charge in [-0.3, -0.25) is 9.80 Å². The fourth-order valence-corrected chi connectivity index (χ4v) is 3.98. The second-order valence-electron chi connectivity index (χ2n) is 6.83. The van der Waals surface area contributed by atoms with E-state index in [-0.39, 0.29) is 0 Å². The molecule has 2 heterocycles. The maximum absolute atomic E-state index is 9.50. The normalized spacial score (nSPS) is 25.2. The predicted octanol–water partition coefficient (Wildman–Crippen LogP) is 2.00. The van der Waals surface area contributed by atoms with Gasteiger partial charge in [0.05, 0.1) is 13.7 Å². The van der Waals surface area contributed by atoms with Crippen LogP contribution in [0.2, 0.25) is 0 Å². The highest BCUT2D eigenvalue weighted by molar-refractivity contribution is 5.32. The number of aliphatic hydroxyl groups is 1. The summed E-state index contributed by atoms with van der Waals surface area (Å²) in [6, 6.07) is 8.76. The van der Waals surface area contributed by atoms with Crippen molar-refractivity contribution in [1.29, 1.82) is 0 Å². The van der Waals surface area contributed by atoms with Gasteiger partial charge >= 0.3 is 0 Å². The summed E-state index contributed by atoms with van der Waals surface area (Å²) in [5.41, 5.74) is 0. The first-order valence-electron chi connectivity index (χ1n) is 9.16. The molecule has 3 rings (SSSR count). The molecule has 134 valence electrons. The molecule has 2 atom stereocenters. The van der Waals surface area contributed by atoms with Crippen molar-refractivity contribution in [1.82, 2.24) is 9.80 Å². The summed E-state index contributed by atoms with van der Waals surface area (Å²) in [6.45, 7) is 5.34. The van der Waals surface area contributed by atoms with E-state index in [1.807, 2.05) is 24.3 Å². The van der Waals surface area contributed by atoms with Gasteiger partial charge in [0.15, 0.2) is 0 Å². The van der Waals surface area contributed by atoms with Crippen LogP contribution in [-0.4, -0.2) is 73.5 Å². The largest absolute Gasteiger partial charge is 0.497 e. The van der Waals surface area contributed by atoms with Gasteiger partial charge in [-0.25, -0.2) is 0 Å². The first-order valence-corrected chi connectivity index (χ1v) is 9.16. The van der Waals surface area contributed by atoms with Crippen LogP contribution in [0.5, 0.6) is 11.5 Å².